The third-order valence-electron chi connectivity index (χ3n) is 2.90. The second-order valence-electron chi connectivity index (χ2n) is 4.33. The summed E-state index contributed by atoms with van der Waals surface area (Å²) in [5.74, 6) is 0.854. The van der Waals surface area contributed by atoms with Gasteiger partial charge in [-0.15, -0.1) is 0 Å². The lowest BCUT2D eigenvalue weighted by molar-refractivity contribution is -0.380. The Bertz CT molecular complexity index is 566. The fourth-order valence-corrected chi connectivity index (χ4v) is 2.54. The van der Waals surface area contributed by atoms with Gasteiger partial charge in [-0.3, -0.25) is 10.1 Å². The molecule has 0 aliphatic carbocycles. The van der Waals surface area contributed by atoms with Crippen molar-refractivity contribution < 1.29 is 9.66 Å². The summed E-state index contributed by atoms with van der Waals surface area (Å²) in [4.78, 5) is 10.2. The van der Waals surface area contributed by atoms with Gasteiger partial charge in [-0.1, -0.05) is 23.5 Å². The summed E-state index contributed by atoms with van der Waals surface area (Å²) >= 11 is 1.16. The number of nitrogens with one attached hydrogen (secondary N) is 1. The molecule has 0 saturated carbocycles. The number of hydrogen-bond donors (Lipinski definition) is 1. The van der Waals surface area contributed by atoms with Crippen molar-refractivity contribution in [3.63, 3.8) is 0 Å². The van der Waals surface area contributed by atoms with Crippen LogP contribution in [-0.4, -0.2) is 18.6 Å². The van der Waals surface area contributed by atoms with E-state index in [1.54, 1.807) is 13.2 Å². The van der Waals surface area contributed by atoms with E-state index >= 15 is 0 Å². The minimum Gasteiger partial charge on any atom is -0.497 e. The van der Waals surface area contributed by atoms with E-state index < -0.39 is 0 Å². The van der Waals surface area contributed by atoms with E-state index in [1.807, 2.05) is 29.6 Å². The van der Waals surface area contributed by atoms with Crippen LogP contribution in [0.5, 0.6) is 5.75 Å². The molecule has 2 aromatic rings. The number of hydrogen-bond acceptors (Lipinski definition) is 5. The van der Waals surface area contributed by atoms with E-state index in [1.165, 1.54) is 5.56 Å². The number of benzene rings is 1. The fourth-order valence-electron chi connectivity index (χ4n) is 1.81. The summed E-state index contributed by atoms with van der Waals surface area (Å²) in [6.45, 7) is 1.48. The van der Waals surface area contributed by atoms with E-state index in [4.69, 9.17) is 4.74 Å². The van der Waals surface area contributed by atoms with Gasteiger partial charge in [0.25, 0.3) is 0 Å². The van der Waals surface area contributed by atoms with Crippen LogP contribution in [-0.2, 0) is 13.0 Å². The van der Waals surface area contributed by atoms with E-state index in [9.17, 15) is 10.1 Å². The number of methoxy groups -OCH3 is 1. The van der Waals surface area contributed by atoms with Crippen molar-refractivity contribution in [3.8, 4) is 5.75 Å². The van der Waals surface area contributed by atoms with Crippen LogP contribution in [0, 0.1) is 10.1 Å². The molecule has 0 fully saturated rings. The molecular formula is C14H16N2O3S. The van der Waals surface area contributed by atoms with E-state index in [2.05, 4.69) is 5.32 Å². The predicted octanol–water partition coefficient (Wildman–Crippen LogP) is 3.00. The van der Waals surface area contributed by atoms with Crippen molar-refractivity contribution >= 4 is 16.3 Å². The highest BCUT2D eigenvalue weighted by atomic mass is 32.1. The molecule has 0 bridgehead atoms. The summed E-state index contributed by atoms with van der Waals surface area (Å²) in [5, 5.41) is 15.9. The Labute approximate surface area is 121 Å². The summed E-state index contributed by atoms with van der Waals surface area (Å²) in [6.07, 6.45) is 0.913. The Morgan fingerprint density at radius 3 is 2.65 bits per heavy atom. The van der Waals surface area contributed by atoms with Gasteiger partial charge < -0.3 is 10.1 Å². The summed E-state index contributed by atoms with van der Waals surface area (Å²) < 4.78 is 5.10. The average molecular weight is 292 g/mol. The molecule has 0 radical (unpaired) electrons. The zero-order chi connectivity index (χ0) is 14.4. The molecule has 1 aromatic heterocycles. The van der Waals surface area contributed by atoms with Gasteiger partial charge in [0, 0.05) is 18.0 Å². The van der Waals surface area contributed by atoms with Gasteiger partial charge in [-0.25, -0.2) is 0 Å². The first kappa shape index (κ1) is 14.5. The van der Waals surface area contributed by atoms with Gasteiger partial charge in [0.2, 0.25) is 0 Å². The number of nitro groups is 1. The molecule has 0 unspecified atom stereocenters. The molecule has 0 aliphatic heterocycles. The quantitative estimate of drug-likeness (QED) is 0.484. The molecule has 1 aromatic carbocycles. The fraction of sp³-hybridized carbons (Fsp3) is 0.286. The van der Waals surface area contributed by atoms with Crippen LogP contribution in [0.1, 0.15) is 11.1 Å². The van der Waals surface area contributed by atoms with Gasteiger partial charge >= 0.3 is 5.00 Å². The van der Waals surface area contributed by atoms with Crippen LogP contribution in [0.4, 0.5) is 5.00 Å². The molecule has 5 nitrogen and oxygen atoms in total. The second-order valence-corrected chi connectivity index (χ2v) is 5.21. The molecule has 20 heavy (non-hydrogen) atoms. The molecule has 2 rings (SSSR count). The molecule has 106 valence electrons. The monoisotopic (exact) mass is 292 g/mol. The van der Waals surface area contributed by atoms with Crippen LogP contribution >= 0.6 is 11.3 Å². The smallest absolute Gasteiger partial charge is 0.324 e. The summed E-state index contributed by atoms with van der Waals surface area (Å²) in [7, 11) is 1.65. The van der Waals surface area contributed by atoms with Crippen LogP contribution < -0.4 is 10.1 Å². The molecule has 0 saturated heterocycles. The predicted molar refractivity (Wildman–Crippen MR) is 79.4 cm³/mol. The van der Waals surface area contributed by atoms with Crippen LogP contribution in [0.2, 0.25) is 0 Å². The molecule has 6 heteroatoms. The van der Waals surface area contributed by atoms with Crippen molar-refractivity contribution in [3.05, 3.63) is 57.0 Å². The van der Waals surface area contributed by atoms with Crippen LogP contribution in [0.15, 0.2) is 35.7 Å². The zero-order valence-electron chi connectivity index (χ0n) is 11.2. The van der Waals surface area contributed by atoms with Crippen LogP contribution in [0.25, 0.3) is 0 Å². The highest BCUT2D eigenvalue weighted by Crippen LogP contribution is 2.22. The second kappa shape index (κ2) is 7.02. The van der Waals surface area contributed by atoms with Crippen molar-refractivity contribution in [2.45, 2.75) is 13.0 Å². The van der Waals surface area contributed by atoms with E-state index in [0.29, 0.717) is 6.54 Å². The largest absolute Gasteiger partial charge is 0.497 e. The molecule has 1 N–H and O–H groups in total. The maximum absolute atomic E-state index is 10.6. The van der Waals surface area contributed by atoms with Gasteiger partial charge in [-0.05, 0) is 36.2 Å². The summed E-state index contributed by atoms with van der Waals surface area (Å²) in [5.41, 5.74) is 2.19. The normalized spacial score (nSPS) is 10.4. The maximum atomic E-state index is 10.6. The number of nitrogens with zero attached hydrogens (tertiary/aromatic N) is 1. The molecule has 0 spiro atoms. The third kappa shape index (κ3) is 4.04. The van der Waals surface area contributed by atoms with Gasteiger partial charge in [0.1, 0.15) is 5.75 Å². The van der Waals surface area contributed by atoms with Crippen molar-refractivity contribution in [2.24, 2.45) is 0 Å². The first-order valence-corrected chi connectivity index (χ1v) is 7.12. The van der Waals surface area contributed by atoms with E-state index in [-0.39, 0.29) is 9.92 Å². The minimum absolute atomic E-state index is 0.192. The van der Waals surface area contributed by atoms with Gasteiger partial charge in [-0.2, -0.15) is 0 Å². The Morgan fingerprint density at radius 2 is 2.05 bits per heavy atom. The topological polar surface area (TPSA) is 64.4 Å². The highest BCUT2D eigenvalue weighted by molar-refractivity contribution is 7.13. The van der Waals surface area contributed by atoms with Gasteiger partial charge in [0.05, 0.1) is 12.0 Å². The first-order valence-electron chi connectivity index (χ1n) is 6.24. The maximum Gasteiger partial charge on any atom is 0.324 e. The van der Waals surface area contributed by atoms with Crippen LogP contribution in [0.3, 0.4) is 0 Å². The molecular weight excluding hydrogens is 276 g/mol. The Balaban J connectivity index is 1.73. The van der Waals surface area contributed by atoms with Crippen molar-refractivity contribution in [1.29, 1.82) is 0 Å². The lowest BCUT2D eigenvalue weighted by atomic mass is 10.1. The van der Waals surface area contributed by atoms with E-state index in [0.717, 1.165) is 35.6 Å². The van der Waals surface area contributed by atoms with Gasteiger partial charge in [0.15, 0.2) is 0 Å². The molecule has 0 amide bonds. The minimum atomic E-state index is -0.356. The Kier molecular flexibility index (Phi) is 5.09. The highest BCUT2D eigenvalue weighted by Gasteiger charge is 2.08. The molecule has 0 aliphatic rings. The first-order chi connectivity index (χ1) is 9.69. The Hall–Kier alpha value is -1.92. The molecule has 1 heterocycles. The van der Waals surface area contributed by atoms with Crippen molar-refractivity contribution in [1.82, 2.24) is 5.32 Å². The molecule has 0 atom stereocenters. The Morgan fingerprint density at radius 1 is 1.30 bits per heavy atom. The lowest BCUT2D eigenvalue weighted by Crippen LogP contribution is -2.16. The zero-order valence-corrected chi connectivity index (χ0v) is 12.0. The van der Waals surface area contributed by atoms with Crippen molar-refractivity contribution in [2.75, 3.05) is 13.7 Å². The average Bonchev–Trinajstić information content (AvgIpc) is 2.93. The number of thiophene rings is 1. The standard InChI is InChI=1S/C14H16N2O3S/c1-19-13-4-2-11(3-5-13)6-7-15-9-12-8-14(16(17)18)20-10-12/h2-5,8,10,15H,6-7,9H2,1H3. The summed E-state index contributed by atoms with van der Waals surface area (Å²) in [6, 6.07) is 9.58. The lowest BCUT2D eigenvalue weighted by Gasteiger charge is -2.05. The number of rotatable bonds is 7. The SMILES string of the molecule is COc1ccc(CCNCc2csc([N+](=O)[O-])c2)cc1. The number of ether oxygens (including phenoxy) is 1. The third-order valence-corrected chi connectivity index (χ3v) is 3.83.